The van der Waals surface area contributed by atoms with Crippen molar-refractivity contribution in [2.24, 2.45) is 0 Å². The van der Waals surface area contributed by atoms with Crippen molar-refractivity contribution in [3.63, 3.8) is 0 Å². The Kier molecular flexibility index (Phi) is 3.90. The molecule has 3 atom stereocenters. The smallest absolute Gasteiger partial charge is 0.157 e. The number of ether oxygens (including phenoxy) is 2. The fourth-order valence-corrected chi connectivity index (χ4v) is 1.81. The molecular weight excluding hydrogens is 208 g/mol. The van der Waals surface area contributed by atoms with Crippen molar-refractivity contribution in [3.8, 4) is 0 Å². The molecule has 16 heavy (non-hydrogen) atoms. The van der Waals surface area contributed by atoms with E-state index in [2.05, 4.69) is 0 Å². The third-order valence-electron chi connectivity index (χ3n) is 2.67. The van der Waals surface area contributed by atoms with Crippen molar-refractivity contribution >= 4 is 0 Å². The van der Waals surface area contributed by atoms with Crippen LogP contribution in [0.25, 0.3) is 0 Å². The van der Waals surface area contributed by atoms with Crippen molar-refractivity contribution < 1.29 is 19.7 Å². The molecule has 0 saturated carbocycles. The molecule has 1 fully saturated rings. The first-order valence-electron chi connectivity index (χ1n) is 5.39. The maximum absolute atomic E-state index is 9.28. The predicted octanol–water partition coefficient (Wildman–Crippen LogP) is 0.671. The Morgan fingerprint density at radius 3 is 2.75 bits per heavy atom. The van der Waals surface area contributed by atoms with Crippen LogP contribution in [0.2, 0.25) is 0 Å². The lowest BCUT2D eigenvalue weighted by Gasteiger charge is -2.16. The average molecular weight is 224 g/mol. The summed E-state index contributed by atoms with van der Waals surface area (Å²) in [5, 5.41) is 18.3. The minimum Gasteiger partial charge on any atom is -0.394 e. The molecule has 1 aliphatic rings. The van der Waals surface area contributed by atoms with E-state index in [0.717, 1.165) is 5.56 Å². The van der Waals surface area contributed by atoms with Gasteiger partial charge in [0.15, 0.2) is 6.29 Å². The monoisotopic (exact) mass is 224 g/mol. The van der Waals surface area contributed by atoms with Crippen molar-refractivity contribution in [1.29, 1.82) is 0 Å². The van der Waals surface area contributed by atoms with Gasteiger partial charge in [0.25, 0.3) is 0 Å². The summed E-state index contributed by atoms with van der Waals surface area (Å²) < 4.78 is 10.7. The lowest BCUT2D eigenvalue weighted by atomic mass is 10.2. The van der Waals surface area contributed by atoms with Crippen LogP contribution in [-0.2, 0) is 16.1 Å². The van der Waals surface area contributed by atoms with Crippen LogP contribution < -0.4 is 0 Å². The fraction of sp³-hybridized carbons (Fsp3) is 0.500. The van der Waals surface area contributed by atoms with Crippen molar-refractivity contribution in [3.05, 3.63) is 35.9 Å². The van der Waals surface area contributed by atoms with Crippen molar-refractivity contribution in [2.75, 3.05) is 6.61 Å². The first kappa shape index (κ1) is 11.5. The second-order valence-corrected chi connectivity index (χ2v) is 3.88. The molecule has 1 aromatic carbocycles. The highest BCUT2D eigenvalue weighted by molar-refractivity contribution is 5.13. The summed E-state index contributed by atoms with van der Waals surface area (Å²) in [7, 11) is 0. The molecule has 1 aliphatic heterocycles. The van der Waals surface area contributed by atoms with Gasteiger partial charge in [-0.05, 0) is 5.56 Å². The molecule has 0 aliphatic carbocycles. The lowest BCUT2D eigenvalue weighted by molar-refractivity contribution is -0.112. The highest BCUT2D eigenvalue weighted by Gasteiger charge is 2.34. The van der Waals surface area contributed by atoms with Gasteiger partial charge < -0.3 is 19.7 Å². The Morgan fingerprint density at radius 2 is 2.06 bits per heavy atom. The van der Waals surface area contributed by atoms with E-state index in [1.165, 1.54) is 0 Å². The van der Waals surface area contributed by atoms with Gasteiger partial charge in [0, 0.05) is 6.42 Å². The molecule has 2 N–H and O–H groups in total. The number of hydrogen-bond donors (Lipinski definition) is 2. The summed E-state index contributed by atoms with van der Waals surface area (Å²) in [5.74, 6) is 0. The number of hydrogen-bond acceptors (Lipinski definition) is 4. The van der Waals surface area contributed by atoms with Gasteiger partial charge >= 0.3 is 0 Å². The number of aliphatic hydroxyl groups is 2. The molecule has 1 heterocycles. The molecule has 0 radical (unpaired) electrons. The van der Waals surface area contributed by atoms with Crippen molar-refractivity contribution in [1.82, 2.24) is 0 Å². The molecule has 0 spiro atoms. The van der Waals surface area contributed by atoms with E-state index >= 15 is 0 Å². The van der Waals surface area contributed by atoms with Crippen LogP contribution in [0.3, 0.4) is 0 Å². The molecular formula is C12H16O4. The second kappa shape index (κ2) is 5.41. The van der Waals surface area contributed by atoms with Gasteiger partial charge in [-0.15, -0.1) is 0 Å². The van der Waals surface area contributed by atoms with Crippen LogP contribution in [0.15, 0.2) is 30.3 Å². The van der Waals surface area contributed by atoms with Gasteiger partial charge in [-0.3, -0.25) is 0 Å². The molecule has 1 aromatic rings. The average Bonchev–Trinajstić information content (AvgIpc) is 2.68. The Morgan fingerprint density at radius 1 is 1.31 bits per heavy atom. The van der Waals surface area contributed by atoms with Crippen LogP contribution >= 0.6 is 0 Å². The Balaban J connectivity index is 1.86. The van der Waals surface area contributed by atoms with Gasteiger partial charge in [-0.2, -0.15) is 0 Å². The first-order chi connectivity index (χ1) is 7.79. The SMILES string of the molecule is OC[C@H]1O[C@@H](O)C[C@@H]1OCc1ccccc1. The highest BCUT2D eigenvalue weighted by Crippen LogP contribution is 2.22. The van der Waals surface area contributed by atoms with E-state index < -0.39 is 12.4 Å². The van der Waals surface area contributed by atoms with E-state index in [-0.39, 0.29) is 12.7 Å². The zero-order valence-corrected chi connectivity index (χ0v) is 8.95. The maximum Gasteiger partial charge on any atom is 0.157 e. The standard InChI is InChI=1S/C12H16O4/c13-7-11-10(6-12(14)16-11)15-8-9-4-2-1-3-5-9/h1-5,10-14H,6-8H2/t10-,11+,12+/m0/s1. The van der Waals surface area contributed by atoms with Crippen LogP contribution in [0.5, 0.6) is 0 Å². The largest absolute Gasteiger partial charge is 0.394 e. The van der Waals surface area contributed by atoms with E-state index in [4.69, 9.17) is 14.6 Å². The predicted molar refractivity (Wildman–Crippen MR) is 57.6 cm³/mol. The second-order valence-electron chi connectivity index (χ2n) is 3.88. The Hall–Kier alpha value is -0.940. The highest BCUT2D eigenvalue weighted by atomic mass is 16.6. The summed E-state index contributed by atoms with van der Waals surface area (Å²) in [4.78, 5) is 0. The van der Waals surface area contributed by atoms with Crippen LogP contribution in [0.1, 0.15) is 12.0 Å². The van der Waals surface area contributed by atoms with Crippen LogP contribution in [0, 0.1) is 0 Å². The fourth-order valence-electron chi connectivity index (χ4n) is 1.81. The molecule has 0 unspecified atom stereocenters. The quantitative estimate of drug-likeness (QED) is 0.789. The van der Waals surface area contributed by atoms with Gasteiger partial charge in [0.05, 0.1) is 19.3 Å². The Bertz CT molecular complexity index is 314. The van der Waals surface area contributed by atoms with Gasteiger partial charge in [0.1, 0.15) is 6.10 Å². The molecule has 2 rings (SSSR count). The number of aliphatic hydroxyl groups excluding tert-OH is 2. The first-order valence-corrected chi connectivity index (χ1v) is 5.39. The molecule has 1 saturated heterocycles. The molecule has 0 bridgehead atoms. The molecule has 88 valence electrons. The van der Waals surface area contributed by atoms with E-state index in [1.54, 1.807) is 0 Å². The third-order valence-corrected chi connectivity index (χ3v) is 2.67. The minimum atomic E-state index is -0.821. The van der Waals surface area contributed by atoms with Gasteiger partial charge in [-0.25, -0.2) is 0 Å². The van der Waals surface area contributed by atoms with E-state index in [0.29, 0.717) is 13.0 Å². The number of benzene rings is 1. The summed E-state index contributed by atoms with van der Waals surface area (Å²) in [6, 6.07) is 9.78. The normalized spacial score (nSPS) is 29.5. The van der Waals surface area contributed by atoms with Crippen molar-refractivity contribution in [2.45, 2.75) is 31.5 Å². The third kappa shape index (κ3) is 2.80. The summed E-state index contributed by atoms with van der Waals surface area (Å²) >= 11 is 0. The summed E-state index contributed by atoms with van der Waals surface area (Å²) in [6.45, 7) is 0.342. The van der Waals surface area contributed by atoms with E-state index in [1.807, 2.05) is 30.3 Å². The van der Waals surface area contributed by atoms with Crippen LogP contribution in [-0.4, -0.2) is 35.3 Å². The summed E-state index contributed by atoms with van der Waals surface area (Å²) in [5.41, 5.74) is 1.07. The van der Waals surface area contributed by atoms with Gasteiger partial charge in [0.2, 0.25) is 0 Å². The zero-order valence-electron chi connectivity index (χ0n) is 8.95. The molecule has 4 heteroatoms. The zero-order chi connectivity index (χ0) is 11.4. The number of rotatable bonds is 4. The maximum atomic E-state index is 9.28. The van der Waals surface area contributed by atoms with Gasteiger partial charge in [-0.1, -0.05) is 30.3 Å². The minimum absolute atomic E-state index is 0.128. The van der Waals surface area contributed by atoms with Crippen LogP contribution in [0.4, 0.5) is 0 Å². The molecule has 0 aromatic heterocycles. The lowest BCUT2D eigenvalue weighted by Crippen LogP contribution is -2.27. The molecule has 0 amide bonds. The van der Waals surface area contributed by atoms with E-state index in [9.17, 15) is 5.11 Å². The molecule has 4 nitrogen and oxygen atoms in total. The Labute approximate surface area is 94.4 Å². The topological polar surface area (TPSA) is 58.9 Å². The summed E-state index contributed by atoms with van der Waals surface area (Å²) in [6.07, 6.45) is -1.06.